The lowest BCUT2D eigenvalue weighted by Crippen LogP contribution is -2.28. The molecule has 0 bridgehead atoms. The highest BCUT2D eigenvalue weighted by atomic mass is 79.9. The Labute approximate surface area is 110 Å². The minimum atomic E-state index is -0.319. The quantitative estimate of drug-likeness (QED) is 0.412. The highest BCUT2D eigenvalue weighted by Gasteiger charge is 2.29. The van der Waals surface area contributed by atoms with Gasteiger partial charge >= 0.3 is 5.97 Å². The van der Waals surface area contributed by atoms with Crippen molar-refractivity contribution in [3.05, 3.63) is 11.6 Å². The number of carbonyl (C=O) groups excluding carboxylic acids is 1. The largest absolute Gasteiger partial charge is 0.463 e. The predicted octanol–water partition coefficient (Wildman–Crippen LogP) is 2.41. The summed E-state index contributed by atoms with van der Waals surface area (Å²) in [5, 5.41) is 0.591. The Hall–Kier alpha value is -0.390. The molecule has 0 heterocycles. The van der Waals surface area contributed by atoms with Crippen molar-refractivity contribution in [3.63, 3.8) is 0 Å². The van der Waals surface area contributed by atoms with Crippen LogP contribution in [0.15, 0.2) is 11.6 Å². The van der Waals surface area contributed by atoms with E-state index in [-0.39, 0.29) is 18.4 Å². The molecule has 1 unspecified atom stereocenters. The van der Waals surface area contributed by atoms with Crippen LogP contribution in [0.1, 0.15) is 26.7 Å². The Morgan fingerprint density at radius 2 is 2.29 bits per heavy atom. The minimum Gasteiger partial charge on any atom is -0.463 e. The Balaban J connectivity index is 2.53. The van der Waals surface area contributed by atoms with E-state index in [9.17, 15) is 4.79 Å². The van der Waals surface area contributed by atoms with Crippen LogP contribution in [-0.2, 0) is 19.0 Å². The summed E-state index contributed by atoms with van der Waals surface area (Å²) in [4.78, 5) is 11.7. The van der Waals surface area contributed by atoms with Gasteiger partial charge in [0, 0.05) is 6.61 Å². The van der Waals surface area contributed by atoms with Crippen molar-refractivity contribution in [2.24, 2.45) is 0 Å². The van der Waals surface area contributed by atoms with E-state index in [2.05, 4.69) is 15.9 Å². The monoisotopic (exact) mass is 306 g/mol. The van der Waals surface area contributed by atoms with Gasteiger partial charge in [0.15, 0.2) is 6.29 Å². The standard InChI is InChI=1S/C12H19BrO4/c1-3-15-11(8-13)17-10-7-5-6-9(10)12(14)16-4-2/h6,10-11H,3-5,7-8H2,1-2H3/t10-,11?/m1/s1. The zero-order chi connectivity index (χ0) is 12.7. The number of ether oxygens (including phenoxy) is 3. The minimum absolute atomic E-state index is 0.205. The summed E-state index contributed by atoms with van der Waals surface area (Å²) < 4.78 is 16.1. The number of rotatable bonds is 7. The smallest absolute Gasteiger partial charge is 0.336 e. The van der Waals surface area contributed by atoms with Crippen LogP contribution < -0.4 is 0 Å². The molecule has 0 N–H and O–H groups in total. The van der Waals surface area contributed by atoms with Gasteiger partial charge in [-0.3, -0.25) is 0 Å². The fourth-order valence-corrected chi connectivity index (χ4v) is 2.08. The van der Waals surface area contributed by atoms with E-state index in [0.29, 0.717) is 24.1 Å². The summed E-state index contributed by atoms with van der Waals surface area (Å²) in [5.74, 6) is -0.278. The third-order valence-corrected chi connectivity index (χ3v) is 2.97. The molecule has 0 fully saturated rings. The number of hydrogen-bond donors (Lipinski definition) is 0. The van der Waals surface area contributed by atoms with E-state index in [1.165, 1.54) is 0 Å². The van der Waals surface area contributed by atoms with E-state index in [1.807, 2.05) is 13.0 Å². The van der Waals surface area contributed by atoms with E-state index < -0.39 is 0 Å². The van der Waals surface area contributed by atoms with Crippen LogP contribution in [0, 0.1) is 0 Å². The first-order chi connectivity index (χ1) is 8.22. The fraction of sp³-hybridized carbons (Fsp3) is 0.750. The molecule has 1 aliphatic carbocycles. The molecule has 0 amide bonds. The van der Waals surface area contributed by atoms with Crippen molar-refractivity contribution in [2.75, 3.05) is 18.5 Å². The van der Waals surface area contributed by atoms with Crippen molar-refractivity contribution in [2.45, 2.75) is 39.1 Å². The molecule has 0 aromatic heterocycles. The van der Waals surface area contributed by atoms with Crippen LogP contribution in [0.3, 0.4) is 0 Å². The first-order valence-electron chi connectivity index (χ1n) is 5.93. The first kappa shape index (κ1) is 14.7. The number of esters is 1. The van der Waals surface area contributed by atoms with Crippen LogP contribution in [0.5, 0.6) is 0 Å². The number of allylic oxidation sites excluding steroid dienone is 1. The second-order valence-electron chi connectivity index (χ2n) is 3.62. The van der Waals surface area contributed by atoms with Gasteiger partial charge in [0.2, 0.25) is 0 Å². The highest BCUT2D eigenvalue weighted by molar-refractivity contribution is 9.09. The van der Waals surface area contributed by atoms with Crippen LogP contribution >= 0.6 is 15.9 Å². The number of alkyl halides is 1. The molecule has 1 rings (SSSR count). The maximum Gasteiger partial charge on any atom is 0.336 e. The summed E-state index contributed by atoms with van der Waals surface area (Å²) in [5.41, 5.74) is 0.623. The molecule has 0 aromatic rings. The van der Waals surface area contributed by atoms with Crippen molar-refractivity contribution in [1.29, 1.82) is 0 Å². The van der Waals surface area contributed by atoms with Gasteiger partial charge in [0.1, 0.15) is 0 Å². The average Bonchev–Trinajstić information content (AvgIpc) is 2.77. The van der Waals surface area contributed by atoms with Gasteiger partial charge in [-0.15, -0.1) is 0 Å². The molecule has 2 atom stereocenters. The maximum atomic E-state index is 11.7. The van der Waals surface area contributed by atoms with Gasteiger partial charge in [0.25, 0.3) is 0 Å². The molecular weight excluding hydrogens is 288 g/mol. The Bertz CT molecular complexity index is 278. The zero-order valence-electron chi connectivity index (χ0n) is 10.3. The van der Waals surface area contributed by atoms with E-state index in [0.717, 1.165) is 12.8 Å². The summed E-state index contributed by atoms with van der Waals surface area (Å²) in [6.07, 6.45) is 3.02. The van der Waals surface area contributed by atoms with Crippen molar-refractivity contribution in [3.8, 4) is 0 Å². The van der Waals surface area contributed by atoms with Crippen molar-refractivity contribution >= 4 is 21.9 Å². The summed E-state index contributed by atoms with van der Waals surface area (Å²) in [6, 6.07) is 0. The van der Waals surface area contributed by atoms with Crippen LogP contribution in [0.2, 0.25) is 0 Å². The SMILES string of the molecule is CCOC(=O)C1=CCC[C@H]1OC(CBr)OCC. The molecule has 0 saturated heterocycles. The van der Waals surface area contributed by atoms with Crippen LogP contribution in [-0.4, -0.2) is 36.9 Å². The number of carbonyl (C=O) groups is 1. The Kier molecular flexibility index (Phi) is 6.77. The lowest BCUT2D eigenvalue weighted by Gasteiger charge is -2.21. The summed E-state index contributed by atoms with van der Waals surface area (Å²) in [6.45, 7) is 4.68. The molecule has 5 heteroatoms. The van der Waals surface area contributed by atoms with Gasteiger partial charge in [-0.05, 0) is 26.7 Å². The molecule has 4 nitrogen and oxygen atoms in total. The maximum absolute atomic E-state index is 11.7. The Morgan fingerprint density at radius 3 is 2.88 bits per heavy atom. The molecule has 17 heavy (non-hydrogen) atoms. The first-order valence-corrected chi connectivity index (χ1v) is 7.05. The molecule has 0 aliphatic heterocycles. The summed E-state index contributed by atoms with van der Waals surface area (Å²) in [7, 11) is 0. The van der Waals surface area contributed by atoms with Crippen LogP contribution in [0.4, 0.5) is 0 Å². The van der Waals surface area contributed by atoms with Crippen LogP contribution in [0.25, 0.3) is 0 Å². The molecule has 0 aromatic carbocycles. The van der Waals surface area contributed by atoms with E-state index in [4.69, 9.17) is 14.2 Å². The number of halogens is 1. The van der Waals surface area contributed by atoms with E-state index >= 15 is 0 Å². The number of hydrogen-bond acceptors (Lipinski definition) is 4. The summed E-state index contributed by atoms with van der Waals surface area (Å²) >= 11 is 3.33. The predicted molar refractivity (Wildman–Crippen MR) is 68.0 cm³/mol. The molecule has 98 valence electrons. The van der Waals surface area contributed by atoms with Gasteiger partial charge in [-0.1, -0.05) is 22.0 Å². The van der Waals surface area contributed by atoms with Gasteiger partial charge < -0.3 is 14.2 Å². The van der Waals surface area contributed by atoms with Gasteiger partial charge in [-0.2, -0.15) is 0 Å². The molecule has 0 radical (unpaired) electrons. The van der Waals surface area contributed by atoms with Crippen molar-refractivity contribution in [1.82, 2.24) is 0 Å². The Morgan fingerprint density at radius 1 is 1.53 bits per heavy atom. The third-order valence-electron chi connectivity index (χ3n) is 2.45. The highest BCUT2D eigenvalue weighted by Crippen LogP contribution is 2.25. The lowest BCUT2D eigenvalue weighted by atomic mass is 10.2. The van der Waals surface area contributed by atoms with Gasteiger partial charge in [-0.25, -0.2) is 4.79 Å². The normalized spacial score (nSPS) is 21.1. The zero-order valence-corrected chi connectivity index (χ0v) is 11.9. The topological polar surface area (TPSA) is 44.8 Å². The van der Waals surface area contributed by atoms with Crippen molar-refractivity contribution < 1.29 is 19.0 Å². The fourth-order valence-electron chi connectivity index (χ4n) is 1.74. The molecule has 1 aliphatic rings. The molecule has 0 spiro atoms. The second-order valence-corrected chi connectivity index (χ2v) is 4.27. The average molecular weight is 307 g/mol. The second kappa shape index (κ2) is 7.84. The van der Waals surface area contributed by atoms with E-state index in [1.54, 1.807) is 6.92 Å². The lowest BCUT2D eigenvalue weighted by molar-refractivity contribution is -0.154. The third kappa shape index (κ3) is 4.41. The van der Waals surface area contributed by atoms with Gasteiger partial charge in [0.05, 0.1) is 23.6 Å². The molecular formula is C12H19BrO4. The molecule has 0 saturated carbocycles.